The SMILES string of the molecule is CCCCCC(O)C=CC1CCC(O)C1(CC(=O)O)OC(=O)c1cccc(-c2ccccc2)c1. The molecule has 3 N–H and O–H groups in total. The molecule has 4 unspecified atom stereocenters. The number of carboxylic acids is 1. The first-order valence-electron chi connectivity index (χ1n) is 12.0. The van der Waals surface area contributed by atoms with Gasteiger partial charge in [0.15, 0.2) is 5.60 Å². The number of carbonyl (C=O) groups is 2. The van der Waals surface area contributed by atoms with E-state index in [1.165, 1.54) is 0 Å². The van der Waals surface area contributed by atoms with E-state index in [0.29, 0.717) is 19.3 Å². The zero-order chi connectivity index (χ0) is 24.6. The van der Waals surface area contributed by atoms with Crippen molar-refractivity contribution < 1.29 is 29.6 Å². The highest BCUT2D eigenvalue weighted by Crippen LogP contribution is 2.43. The molecule has 2 aromatic rings. The van der Waals surface area contributed by atoms with E-state index in [1.54, 1.807) is 30.4 Å². The largest absolute Gasteiger partial charge is 0.481 e. The first-order chi connectivity index (χ1) is 16.4. The van der Waals surface area contributed by atoms with Gasteiger partial charge in [0.25, 0.3) is 0 Å². The van der Waals surface area contributed by atoms with Crippen molar-refractivity contribution in [1.29, 1.82) is 0 Å². The average Bonchev–Trinajstić information content (AvgIpc) is 3.12. The maximum absolute atomic E-state index is 13.2. The van der Waals surface area contributed by atoms with Gasteiger partial charge in [0, 0.05) is 5.92 Å². The Morgan fingerprint density at radius 2 is 1.82 bits per heavy atom. The zero-order valence-corrected chi connectivity index (χ0v) is 19.6. The van der Waals surface area contributed by atoms with E-state index in [2.05, 4.69) is 6.92 Å². The number of carbonyl (C=O) groups excluding carboxylic acids is 1. The molecule has 1 fully saturated rings. The molecule has 0 aromatic heterocycles. The summed E-state index contributed by atoms with van der Waals surface area (Å²) in [5, 5.41) is 30.7. The Morgan fingerprint density at radius 1 is 1.09 bits per heavy atom. The second-order valence-electron chi connectivity index (χ2n) is 9.01. The quantitative estimate of drug-likeness (QED) is 0.245. The van der Waals surface area contributed by atoms with E-state index in [1.807, 2.05) is 36.4 Å². The van der Waals surface area contributed by atoms with E-state index < -0.39 is 42.1 Å². The van der Waals surface area contributed by atoms with Crippen molar-refractivity contribution in [1.82, 2.24) is 0 Å². The van der Waals surface area contributed by atoms with Crippen LogP contribution in [0.2, 0.25) is 0 Å². The number of aliphatic hydroxyl groups is 2. The molecule has 3 rings (SSSR count). The number of aliphatic hydroxyl groups excluding tert-OH is 2. The Morgan fingerprint density at radius 3 is 2.53 bits per heavy atom. The Kier molecular flexibility index (Phi) is 9.02. The summed E-state index contributed by atoms with van der Waals surface area (Å²) in [6, 6.07) is 16.5. The van der Waals surface area contributed by atoms with Crippen molar-refractivity contribution in [2.45, 2.75) is 69.7 Å². The molecule has 0 aliphatic heterocycles. The summed E-state index contributed by atoms with van der Waals surface area (Å²) >= 11 is 0. The van der Waals surface area contributed by atoms with Crippen molar-refractivity contribution >= 4 is 11.9 Å². The molecule has 0 spiro atoms. The van der Waals surface area contributed by atoms with Gasteiger partial charge in [0.1, 0.15) is 0 Å². The summed E-state index contributed by atoms with van der Waals surface area (Å²) in [5.74, 6) is -2.35. The van der Waals surface area contributed by atoms with Crippen molar-refractivity contribution in [3.05, 3.63) is 72.3 Å². The molecule has 0 heterocycles. The second-order valence-corrected chi connectivity index (χ2v) is 9.01. The van der Waals surface area contributed by atoms with Gasteiger partial charge in [0.2, 0.25) is 0 Å². The number of ether oxygens (including phenoxy) is 1. The number of esters is 1. The van der Waals surface area contributed by atoms with Gasteiger partial charge < -0.3 is 20.1 Å². The van der Waals surface area contributed by atoms with Crippen LogP contribution in [-0.4, -0.2) is 45.1 Å². The fourth-order valence-corrected chi connectivity index (χ4v) is 4.65. The lowest BCUT2D eigenvalue weighted by Gasteiger charge is -2.35. The lowest BCUT2D eigenvalue weighted by atomic mass is 9.85. The molecule has 0 bridgehead atoms. The number of unbranched alkanes of at least 4 members (excludes halogenated alkanes) is 2. The fraction of sp³-hybridized carbons (Fsp3) is 0.429. The van der Waals surface area contributed by atoms with Crippen LogP contribution < -0.4 is 0 Å². The number of aliphatic carboxylic acids is 1. The Bertz CT molecular complexity index is 985. The van der Waals surface area contributed by atoms with Crippen molar-refractivity contribution in [3.63, 3.8) is 0 Å². The number of benzene rings is 2. The summed E-state index contributed by atoms with van der Waals surface area (Å²) in [5.41, 5.74) is 0.468. The van der Waals surface area contributed by atoms with E-state index in [0.717, 1.165) is 30.4 Å². The standard InChI is InChI=1S/C28H34O6/c1-2-3-5-13-24(29)16-14-23-15-17-25(30)28(23,19-26(31)32)34-27(33)22-12-8-11-21(18-22)20-9-6-4-7-10-20/h4,6-12,14,16,18,23-25,29-30H,2-3,5,13,15,17,19H2,1H3,(H,31,32). The van der Waals surface area contributed by atoms with Gasteiger partial charge >= 0.3 is 11.9 Å². The van der Waals surface area contributed by atoms with E-state index in [-0.39, 0.29) is 5.56 Å². The minimum Gasteiger partial charge on any atom is -0.481 e. The molecule has 0 amide bonds. The van der Waals surface area contributed by atoms with Crippen LogP contribution in [-0.2, 0) is 9.53 Å². The summed E-state index contributed by atoms with van der Waals surface area (Å²) in [7, 11) is 0. The third-order valence-electron chi connectivity index (χ3n) is 6.53. The molecule has 34 heavy (non-hydrogen) atoms. The first kappa shape index (κ1) is 25.7. The third-order valence-corrected chi connectivity index (χ3v) is 6.53. The van der Waals surface area contributed by atoms with Crippen LogP contribution >= 0.6 is 0 Å². The highest BCUT2D eigenvalue weighted by molar-refractivity contribution is 5.91. The minimum atomic E-state index is -1.59. The van der Waals surface area contributed by atoms with E-state index in [4.69, 9.17) is 4.74 Å². The fourth-order valence-electron chi connectivity index (χ4n) is 4.65. The molecule has 1 aliphatic rings. The Balaban J connectivity index is 1.83. The molecule has 0 saturated heterocycles. The molecule has 6 heteroatoms. The molecule has 1 saturated carbocycles. The number of rotatable bonds is 11. The van der Waals surface area contributed by atoms with Gasteiger partial charge in [-0.05, 0) is 42.5 Å². The van der Waals surface area contributed by atoms with Crippen LogP contribution in [0.5, 0.6) is 0 Å². The van der Waals surface area contributed by atoms with Gasteiger partial charge in [0.05, 0.1) is 24.2 Å². The normalized spacial score (nSPS) is 23.1. The van der Waals surface area contributed by atoms with Gasteiger partial charge in [-0.3, -0.25) is 4.79 Å². The Hall–Kier alpha value is -2.96. The topological polar surface area (TPSA) is 104 Å². The summed E-state index contributed by atoms with van der Waals surface area (Å²) < 4.78 is 5.84. The van der Waals surface area contributed by atoms with Crippen molar-refractivity contribution in [2.24, 2.45) is 5.92 Å². The predicted molar refractivity (Wildman–Crippen MR) is 130 cm³/mol. The molecular formula is C28H34O6. The summed E-state index contributed by atoms with van der Waals surface area (Å²) in [4.78, 5) is 24.9. The Labute approximate surface area is 200 Å². The van der Waals surface area contributed by atoms with E-state index >= 15 is 0 Å². The van der Waals surface area contributed by atoms with Crippen LogP contribution in [0.25, 0.3) is 11.1 Å². The van der Waals surface area contributed by atoms with Crippen LogP contribution in [0.3, 0.4) is 0 Å². The molecule has 0 radical (unpaired) electrons. The van der Waals surface area contributed by atoms with Gasteiger partial charge in [-0.25, -0.2) is 4.79 Å². The molecule has 4 atom stereocenters. The minimum absolute atomic E-state index is 0.285. The van der Waals surface area contributed by atoms with Gasteiger partial charge in [-0.2, -0.15) is 0 Å². The lowest BCUT2D eigenvalue weighted by Crippen LogP contribution is -2.48. The highest BCUT2D eigenvalue weighted by Gasteiger charge is 2.53. The average molecular weight is 467 g/mol. The predicted octanol–water partition coefficient (Wildman–Crippen LogP) is 4.99. The van der Waals surface area contributed by atoms with Crippen LogP contribution in [0, 0.1) is 5.92 Å². The van der Waals surface area contributed by atoms with Crippen LogP contribution in [0.1, 0.15) is 62.2 Å². The summed E-state index contributed by atoms with van der Waals surface area (Å²) in [6.07, 6.45) is 5.41. The number of hydrogen-bond acceptors (Lipinski definition) is 5. The van der Waals surface area contributed by atoms with Gasteiger partial charge in [-0.15, -0.1) is 0 Å². The van der Waals surface area contributed by atoms with Crippen LogP contribution in [0.4, 0.5) is 0 Å². The molecule has 2 aromatic carbocycles. The van der Waals surface area contributed by atoms with E-state index in [9.17, 15) is 24.9 Å². The maximum atomic E-state index is 13.2. The lowest BCUT2D eigenvalue weighted by molar-refractivity contribution is -0.150. The molecule has 6 nitrogen and oxygen atoms in total. The molecule has 182 valence electrons. The number of hydrogen-bond donors (Lipinski definition) is 3. The second kappa shape index (κ2) is 12.0. The smallest absolute Gasteiger partial charge is 0.338 e. The monoisotopic (exact) mass is 466 g/mol. The van der Waals surface area contributed by atoms with Gasteiger partial charge in [-0.1, -0.05) is 80.8 Å². The third kappa shape index (κ3) is 6.33. The zero-order valence-electron chi connectivity index (χ0n) is 19.6. The van der Waals surface area contributed by atoms with Crippen molar-refractivity contribution in [3.8, 4) is 11.1 Å². The summed E-state index contributed by atoms with van der Waals surface area (Å²) in [6.45, 7) is 2.09. The first-order valence-corrected chi connectivity index (χ1v) is 12.0. The molecule has 1 aliphatic carbocycles. The maximum Gasteiger partial charge on any atom is 0.338 e. The molecular weight excluding hydrogens is 432 g/mol. The number of carboxylic acid groups (broad SMARTS) is 1. The van der Waals surface area contributed by atoms with Crippen LogP contribution in [0.15, 0.2) is 66.7 Å². The highest BCUT2D eigenvalue weighted by atomic mass is 16.6. The van der Waals surface area contributed by atoms with Crippen molar-refractivity contribution in [2.75, 3.05) is 0 Å².